The fourth-order valence-electron chi connectivity index (χ4n) is 2.84. The fraction of sp³-hybridized carbons (Fsp3) is 0.100. The van der Waals surface area contributed by atoms with E-state index in [0.717, 1.165) is 11.1 Å². The van der Waals surface area contributed by atoms with Gasteiger partial charge in [0.05, 0.1) is 11.9 Å². The van der Waals surface area contributed by atoms with Crippen LogP contribution in [0.5, 0.6) is 0 Å². The molecule has 4 aromatic rings. The number of hydrogen-bond donors (Lipinski definition) is 2. The van der Waals surface area contributed by atoms with Gasteiger partial charge in [-0.15, -0.1) is 11.3 Å². The number of H-pyrrole nitrogens is 1. The molecule has 0 spiro atoms. The summed E-state index contributed by atoms with van der Waals surface area (Å²) in [5.74, 6) is 0.209. The second kappa shape index (κ2) is 7.13. The molecule has 7 heteroatoms. The number of hydrogen-bond acceptors (Lipinski definition) is 4. The molecule has 2 aromatic heterocycles. The van der Waals surface area contributed by atoms with Gasteiger partial charge in [0.1, 0.15) is 16.5 Å². The van der Waals surface area contributed by atoms with Crippen LogP contribution in [0.3, 0.4) is 0 Å². The molecular formula is C20H15ClFN3OS. The quantitative estimate of drug-likeness (QED) is 0.485. The highest BCUT2D eigenvalue weighted by molar-refractivity contribution is 7.17. The van der Waals surface area contributed by atoms with E-state index in [-0.39, 0.29) is 17.9 Å². The lowest BCUT2D eigenvalue weighted by atomic mass is 10.1. The van der Waals surface area contributed by atoms with Gasteiger partial charge in [-0.25, -0.2) is 9.37 Å². The Bertz CT molecular complexity index is 1200. The van der Waals surface area contributed by atoms with Crippen molar-refractivity contribution in [2.75, 3.05) is 5.32 Å². The Balaban J connectivity index is 1.66. The van der Waals surface area contributed by atoms with Gasteiger partial charge in [-0.1, -0.05) is 35.9 Å². The maximum Gasteiger partial charge on any atom is 0.260 e. The van der Waals surface area contributed by atoms with E-state index < -0.39 is 0 Å². The Hall–Kier alpha value is -2.70. The topological polar surface area (TPSA) is 57.8 Å². The molecule has 0 unspecified atom stereocenters. The average molecular weight is 400 g/mol. The van der Waals surface area contributed by atoms with Crippen molar-refractivity contribution >= 4 is 38.8 Å². The van der Waals surface area contributed by atoms with E-state index in [1.807, 2.05) is 23.6 Å². The van der Waals surface area contributed by atoms with Crippen molar-refractivity contribution in [3.05, 3.63) is 80.4 Å². The van der Waals surface area contributed by atoms with Crippen LogP contribution >= 0.6 is 22.9 Å². The standard InChI is InChI=1S/C20H15ClFN3OS/c1-11-6-7-12(8-16(11)22)23-9-17-24-19(26)18-14(10-27-20(18)25-17)13-4-2-3-5-15(13)21/h2-8,10,23H,9H2,1H3,(H,24,25,26). The van der Waals surface area contributed by atoms with Crippen molar-refractivity contribution < 1.29 is 4.39 Å². The molecule has 0 aliphatic rings. The summed E-state index contributed by atoms with van der Waals surface area (Å²) in [5, 5.41) is 6.08. The van der Waals surface area contributed by atoms with E-state index in [1.165, 1.54) is 17.4 Å². The lowest BCUT2D eigenvalue weighted by Crippen LogP contribution is -2.14. The molecular weight excluding hydrogens is 385 g/mol. The van der Waals surface area contributed by atoms with Crippen LogP contribution in [0.1, 0.15) is 11.4 Å². The monoisotopic (exact) mass is 399 g/mol. The Kier molecular flexibility index (Phi) is 4.68. The molecule has 0 saturated heterocycles. The predicted octanol–water partition coefficient (Wildman–Crippen LogP) is 5.36. The second-order valence-electron chi connectivity index (χ2n) is 6.14. The van der Waals surface area contributed by atoms with Gasteiger partial charge in [-0.05, 0) is 30.7 Å². The van der Waals surface area contributed by atoms with Crippen molar-refractivity contribution in [1.82, 2.24) is 9.97 Å². The van der Waals surface area contributed by atoms with Gasteiger partial charge in [0.2, 0.25) is 0 Å². The van der Waals surface area contributed by atoms with Gasteiger partial charge >= 0.3 is 0 Å². The number of thiophene rings is 1. The SMILES string of the molecule is Cc1ccc(NCc2nc3scc(-c4ccccc4Cl)c3c(=O)[nH]2)cc1F. The zero-order chi connectivity index (χ0) is 19.0. The molecule has 27 heavy (non-hydrogen) atoms. The first-order valence-corrected chi connectivity index (χ1v) is 9.54. The summed E-state index contributed by atoms with van der Waals surface area (Å²) in [6.07, 6.45) is 0. The first-order valence-electron chi connectivity index (χ1n) is 8.28. The highest BCUT2D eigenvalue weighted by Crippen LogP contribution is 2.34. The van der Waals surface area contributed by atoms with E-state index in [0.29, 0.717) is 32.3 Å². The van der Waals surface area contributed by atoms with Gasteiger partial charge in [0, 0.05) is 27.2 Å². The molecule has 0 aliphatic carbocycles. The summed E-state index contributed by atoms with van der Waals surface area (Å²) in [4.78, 5) is 20.6. The molecule has 4 rings (SSSR count). The van der Waals surface area contributed by atoms with Crippen molar-refractivity contribution in [3.63, 3.8) is 0 Å². The minimum atomic E-state index is -0.278. The second-order valence-corrected chi connectivity index (χ2v) is 7.40. The van der Waals surface area contributed by atoms with E-state index in [2.05, 4.69) is 15.3 Å². The first-order chi connectivity index (χ1) is 13.0. The first kappa shape index (κ1) is 17.7. The number of nitrogens with zero attached hydrogens (tertiary/aromatic N) is 1. The van der Waals surface area contributed by atoms with Crippen LogP contribution < -0.4 is 10.9 Å². The van der Waals surface area contributed by atoms with Crippen LogP contribution in [0.15, 0.2) is 52.6 Å². The maximum absolute atomic E-state index is 13.7. The van der Waals surface area contributed by atoms with Crippen LogP contribution in [0.4, 0.5) is 10.1 Å². The van der Waals surface area contributed by atoms with Gasteiger partial charge in [-0.3, -0.25) is 4.79 Å². The predicted molar refractivity (Wildman–Crippen MR) is 109 cm³/mol. The van der Waals surface area contributed by atoms with Crippen LogP contribution in [-0.2, 0) is 6.54 Å². The maximum atomic E-state index is 13.7. The molecule has 0 atom stereocenters. The number of anilines is 1. The van der Waals surface area contributed by atoms with E-state index >= 15 is 0 Å². The molecule has 0 saturated carbocycles. The molecule has 2 aromatic carbocycles. The Morgan fingerprint density at radius 2 is 2.04 bits per heavy atom. The van der Waals surface area contributed by atoms with Crippen molar-refractivity contribution in [2.45, 2.75) is 13.5 Å². The third kappa shape index (κ3) is 3.46. The van der Waals surface area contributed by atoms with Gasteiger partial charge in [0.25, 0.3) is 5.56 Å². The third-order valence-corrected chi connectivity index (χ3v) is 5.49. The van der Waals surface area contributed by atoms with Gasteiger partial charge in [0.15, 0.2) is 0 Å². The largest absolute Gasteiger partial charge is 0.378 e. The lowest BCUT2D eigenvalue weighted by molar-refractivity contribution is 0.619. The molecule has 0 fully saturated rings. The minimum Gasteiger partial charge on any atom is -0.378 e. The number of fused-ring (bicyclic) bond motifs is 1. The number of nitrogens with one attached hydrogen (secondary N) is 2. The molecule has 0 amide bonds. The summed E-state index contributed by atoms with van der Waals surface area (Å²) in [6.45, 7) is 1.99. The lowest BCUT2D eigenvalue weighted by Gasteiger charge is -2.07. The molecule has 0 aliphatic heterocycles. The summed E-state index contributed by atoms with van der Waals surface area (Å²) in [6, 6.07) is 12.3. The average Bonchev–Trinajstić information content (AvgIpc) is 3.07. The zero-order valence-electron chi connectivity index (χ0n) is 14.3. The van der Waals surface area contributed by atoms with Crippen LogP contribution in [0.2, 0.25) is 5.02 Å². The van der Waals surface area contributed by atoms with Crippen molar-refractivity contribution in [2.24, 2.45) is 0 Å². The fourth-order valence-corrected chi connectivity index (χ4v) is 4.04. The normalized spacial score (nSPS) is 11.1. The molecule has 0 radical (unpaired) electrons. The molecule has 2 N–H and O–H groups in total. The zero-order valence-corrected chi connectivity index (χ0v) is 15.9. The summed E-state index contributed by atoms with van der Waals surface area (Å²) < 4.78 is 13.7. The Morgan fingerprint density at radius 1 is 1.22 bits per heavy atom. The molecule has 0 bridgehead atoms. The Labute approximate surface area is 163 Å². The Morgan fingerprint density at radius 3 is 2.81 bits per heavy atom. The van der Waals surface area contributed by atoms with E-state index in [1.54, 1.807) is 25.1 Å². The van der Waals surface area contributed by atoms with Crippen LogP contribution in [-0.4, -0.2) is 9.97 Å². The van der Waals surface area contributed by atoms with E-state index in [9.17, 15) is 9.18 Å². The number of rotatable bonds is 4. The molecule has 2 heterocycles. The number of benzene rings is 2. The molecule has 136 valence electrons. The van der Waals surface area contributed by atoms with Crippen LogP contribution in [0.25, 0.3) is 21.3 Å². The molecule has 4 nitrogen and oxygen atoms in total. The minimum absolute atomic E-state index is 0.219. The van der Waals surface area contributed by atoms with Gasteiger partial charge < -0.3 is 10.3 Å². The number of aromatic amines is 1. The summed E-state index contributed by atoms with van der Waals surface area (Å²) in [5.41, 5.74) is 2.57. The van der Waals surface area contributed by atoms with Crippen molar-refractivity contribution in [1.29, 1.82) is 0 Å². The summed E-state index contributed by atoms with van der Waals surface area (Å²) >= 11 is 7.67. The van der Waals surface area contributed by atoms with Crippen LogP contribution in [0, 0.1) is 12.7 Å². The summed E-state index contributed by atoms with van der Waals surface area (Å²) in [7, 11) is 0. The van der Waals surface area contributed by atoms with Crippen molar-refractivity contribution in [3.8, 4) is 11.1 Å². The van der Waals surface area contributed by atoms with E-state index in [4.69, 9.17) is 11.6 Å². The smallest absolute Gasteiger partial charge is 0.260 e. The van der Waals surface area contributed by atoms with Gasteiger partial charge in [-0.2, -0.15) is 0 Å². The highest BCUT2D eigenvalue weighted by Gasteiger charge is 2.14. The number of aryl methyl sites for hydroxylation is 1. The number of aromatic nitrogens is 2. The third-order valence-electron chi connectivity index (χ3n) is 4.29. The highest BCUT2D eigenvalue weighted by atomic mass is 35.5. The number of halogens is 2.